The van der Waals surface area contributed by atoms with Crippen molar-refractivity contribution in [2.24, 2.45) is 5.92 Å². The highest BCUT2D eigenvalue weighted by atomic mass is 32.2. The molecule has 1 aromatic rings. The molecule has 0 radical (unpaired) electrons. The van der Waals surface area contributed by atoms with Crippen molar-refractivity contribution in [1.29, 1.82) is 0 Å². The first-order chi connectivity index (χ1) is 9.15. The molecule has 19 heavy (non-hydrogen) atoms. The molecule has 0 bridgehead atoms. The summed E-state index contributed by atoms with van der Waals surface area (Å²) in [6.45, 7) is 1.39. The number of nitrogens with zero attached hydrogens (tertiary/aromatic N) is 1. The molecule has 104 valence electrons. The highest BCUT2D eigenvalue weighted by molar-refractivity contribution is 8.01. The van der Waals surface area contributed by atoms with Gasteiger partial charge in [0.2, 0.25) is 5.91 Å². The highest BCUT2D eigenvalue weighted by Crippen LogP contribution is 2.25. The number of carboxylic acid groups (broad SMARTS) is 1. The van der Waals surface area contributed by atoms with E-state index in [-0.39, 0.29) is 18.2 Å². The maximum Gasteiger partial charge on any atom is 0.303 e. The molecule has 1 aliphatic rings. The van der Waals surface area contributed by atoms with Crippen molar-refractivity contribution < 1.29 is 14.7 Å². The van der Waals surface area contributed by atoms with Gasteiger partial charge in [-0.1, -0.05) is 6.07 Å². The molecule has 1 aromatic heterocycles. The van der Waals surface area contributed by atoms with Gasteiger partial charge in [0.15, 0.2) is 0 Å². The molecule has 6 heteroatoms. The van der Waals surface area contributed by atoms with E-state index in [1.54, 1.807) is 23.1 Å². The second-order valence-corrected chi connectivity index (χ2v) is 6.87. The van der Waals surface area contributed by atoms with Crippen LogP contribution in [0, 0.1) is 5.92 Å². The van der Waals surface area contributed by atoms with Gasteiger partial charge in [-0.05, 0) is 30.2 Å². The van der Waals surface area contributed by atoms with Gasteiger partial charge < -0.3 is 10.0 Å². The summed E-state index contributed by atoms with van der Waals surface area (Å²) in [5, 5.41) is 10.8. The number of piperidine rings is 1. The fraction of sp³-hybridized carbons (Fsp3) is 0.538. The molecule has 1 N–H and O–H groups in total. The Labute approximate surface area is 120 Å². The van der Waals surface area contributed by atoms with Crippen LogP contribution in [0.3, 0.4) is 0 Å². The topological polar surface area (TPSA) is 57.6 Å². The second-order valence-electron chi connectivity index (χ2n) is 4.64. The number of hydrogen-bond donors (Lipinski definition) is 1. The predicted octanol–water partition coefficient (Wildman–Crippen LogP) is 2.55. The molecule has 1 saturated heterocycles. The van der Waals surface area contributed by atoms with Gasteiger partial charge in [-0.2, -0.15) is 0 Å². The zero-order chi connectivity index (χ0) is 13.7. The first-order valence-corrected chi connectivity index (χ1v) is 8.17. The molecule has 0 aromatic carbocycles. The zero-order valence-corrected chi connectivity index (χ0v) is 12.2. The minimum absolute atomic E-state index is 0.159. The maximum atomic E-state index is 12.0. The lowest BCUT2D eigenvalue weighted by Crippen LogP contribution is -2.39. The minimum atomic E-state index is -0.738. The Morgan fingerprint density at radius 2 is 2.16 bits per heavy atom. The van der Waals surface area contributed by atoms with E-state index in [2.05, 4.69) is 0 Å². The Bertz CT molecular complexity index is 425. The van der Waals surface area contributed by atoms with Gasteiger partial charge >= 0.3 is 5.97 Å². The summed E-state index contributed by atoms with van der Waals surface area (Å²) < 4.78 is 1.16. The van der Waals surface area contributed by atoms with Crippen LogP contribution in [0.15, 0.2) is 21.7 Å². The smallest absolute Gasteiger partial charge is 0.303 e. The quantitative estimate of drug-likeness (QED) is 0.849. The first kappa shape index (κ1) is 14.4. The van der Waals surface area contributed by atoms with Gasteiger partial charge in [0.05, 0.1) is 9.96 Å². The van der Waals surface area contributed by atoms with E-state index in [1.165, 1.54) is 0 Å². The largest absolute Gasteiger partial charge is 0.481 e. The van der Waals surface area contributed by atoms with Crippen LogP contribution in [0.25, 0.3) is 0 Å². The molecular weight excluding hydrogens is 282 g/mol. The third kappa shape index (κ3) is 4.54. The summed E-state index contributed by atoms with van der Waals surface area (Å²) >= 11 is 3.22. The molecule has 1 amide bonds. The Kier molecular flexibility index (Phi) is 5.27. The molecule has 1 fully saturated rings. The van der Waals surface area contributed by atoms with E-state index >= 15 is 0 Å². The monoisotopic (exact) mass is 299 g/mol. The molecule has 1 aliphatic heterocycles. The van der Waals surface area contributed by atoms with Gasteiger partial charge in [0, 0.05) is 19.5 Å². The van der Waals surface area contributed by atoms with Crippen LogP contribution >= 0.6 is 23.1 Å². The Morgan fingerprint density at radius 3 is 2.74 bits per heavy atom. The fourth-order valence-electron chi connectivity index (χ4n) is 2.20. The number of thiophene rings is 1. The number of aliphatic carboxylic acids is 1. The van der Waals surface area contributed by atoms with Crippen molar-refractivity contribution in [2.75, 3.05) is 18.8 Å². The number of hydrogen-bond acceptors (Lipinski definition) is 4. The van der Waals surface area contributed by atoms with E-state index in [0.29, 0.717) is 18.8 Å². The molecule has 0 atom stereocenters. The zero-order valence-electron chi connectivity index (χ0n) is 10.6. The van der Waals surface area contributed by atoms with Crippen molar-refractivity contribution in [1.82, 2.24) is 4.90 Å². The SMILES string of the molecule is O=C(O)CC1CCN(C(=O)CSc2cccs2)CC1. The summed E-state index contributed by atoms with van der Waals surface area (Å²) in [5.74, 6) is 0.126. The number of thioether (sulfide) groups is 1. The van der Waals surface area contributed by atoms with Crippen LogP contribution in [0.5, 0.6) is 0 Å². The van der Waals surface area contributed by atoms with Crippen LogP contribution in [0.1, 0.15) is 19.3 Å². The third-order valence-corrected chi connectivity index (χ3v) is 5.38. The van der Waals surface area contributed by atoms with Gasteiger partial charge in [0.25, 0.3) is 0 Å². The van der Waals surface area contributed by atoms with E-state index < -0.39 is 5.97 Å². The van der Waals surface area contributed by atoms with Crippen molar-refractivity contribution in [3.05, 3.63) is 17.5 Å². The van der Waals surface area contributed by atoms with Crippen molar-refractivity contribution in [3.63, 3.8) is 0 Å². The minimum Gasteiger partial charge on any atom is -0.481 e. The lowest BCUT2D eigenvalue weighted by Gasteiger charge is -2.31. The maximum absolute atomic E-state index is 12.0. The summed E-state index contributed by atoms with van der Waals surface area (Å²) in [6.07, 6.45) is 1.84. The van der Waals surface area contributed by atoms with E-state index in [0.717, 1.165) is 17.1 Å². The molecule has 0 spiro atoms. The molecular formula is C13H17NO3S2. The standard InChI is InChI=1S/C13H17NO3S2/c15-11(9-19-13-2-1-7-18-13)14-5-3-10(4-6-14)8-12(16)17/h1-2,7,10H,3-6,8-9H2,(H,16,17). The van der Waals surface area contributed by atoms with Gasteiger partial charge in [-0.25, -0.2) is 0 Å². The molecule has 0 unspecified atom stereocenters. The molecule has 2 rings (SSSR count). The second kappa shape index (κ2) is 6.96. The Hall–Kier alpha value is -1.01. The summed E-state index contributed by atoms with van der Waals surface area (Å²) in [4.78, 5) is 24.5. The van der Waals surface area contributed by atoms with Gasteiger partial charge in [-0.3, -0.25) is 9.59 Å². The number of rotatable bonds is 5. The normalized spacial score (nSPS) is 16.5. The van der Waals surface area contributed by atoms with Crippen LogP contribution in [0.2, 0.25) is 0 Å². The van der Waals surface area contributed by atoms with Gasteiger partial charge in [0.1, 0.15) is 0 Å². The number of carboxylic acids is 1. The lowest BCUT2D eigenvalue weighted by molar-refractivity contribution is -0.138. The lowest BCUT2D eigenvalue weighted by atomic mass is 9.94. The van der Waals surface area contributed by atoms with E-state index in [1.807, 2.05) is 22.4 Å². The van der Waals surface area contributed by atoms with Crippen molar-refractivity contribution in [3.8, 4) is 0 Å². The number of carbonyl (C=O) groups is 2. The van der Waals surface area contributed by atoms with Gasteiger partial charge in [-0.15, -0.1) is 23.1 Å². The average molecular weight is 299 g/mol. The van der Waals surface area contributed by atoms with E-state index in [4.69, 9.17) is 5.11 Å². The number of carbonyl (C=O) groups excluding carboxylic acids is 1. The van der Waals surface area contributed by atoms with Crippen LogP contribution in [-0.2, 0) is 9.59 Å². The highest BCUT2D eigenvalue weighted by Gasteiger charge is 2.24. The van der Waals surface area contributed by atoms with Crippen molar-refractivity contribution in [2.45, 2.75) is 23.5 Å². The molecule has 2 heterocycles. The Balaban J connectivity index is 1.71. The third-order valence-electron chi connectivity index (χ3n) is 3.26. The van der Waals surface area contributed by atoms with Crippen molar-refractivity contribution >= 4 is 35.0 Å². The number of amides is 1. The van der Waals surface area contributed by atoms with Crippen LogP contribution in [-0.4, -0.2) is 40.7 Å². The molecule has 0 aliphatic carbocycles. The summed E-state index contributed by atoms with van der Waals surface area (Å²) in [6, 6.07) is 4.00. The summed E-state index contributed by atoms with van der Waals surface area (Å²) in [5.41, 5.74) is 0. The van der Waals surface area contributed by atoms with Crippen LogP contribution < -0.4 is 0 Å². The molecule has 0 saturated carbocycles. The summed E-state index contributed by atoms with van der Waals surface area (Å²) in [7, 11) is 0. The Morgan fingerprint density at radius 1 is 1.42 bits per heavy atom. The fourth-order valence-corrected chi connectivity index (χ4v) is 3.89. The van der Waals surface area contributed by atoms with E-state index in [9.17, 15) is 9.59 Å². The average Bonchev–Trinajstić information content (AvgIpc) is 2.89. The predicted molar refractivity (Wildman–Crippen MR) is 76.6 cm³/mol. The van der Waals surface area contributed by atoms with Crippen LogP contribution in [0.4, 0.5) is 0 Å². The molecule has 4 nitrogen and oxygen atoms in total. The first-order valence-electron chi connectivity index (χ1n) is 6.31. The number of likely N-dealkylation sites (tertiary alicyclic amines) is 1.